The summed E-state index contributed by atoms with van der Waals surface area (Å²) in [5.41, 5.74) is 2.68. The standard InChI is InChI=1S/C23H21N3O4S/c1-15-20(17-6-4-3-5-7-17)24-22(30-15)26(2)12-13-29-18-10-8-16(9-11-18)14-19-21(27)25-23(28)31-19/h3-11,14H,12-13H2,1-2H3,(H,25,27,28). The van der Waals surface area contributed by atoms with Crippen LogP contribution in [0.3, 0.4) is 0 Å². The number of likely N-dealkylation sites (N-methyl/N-ethyl adjacent to an activating group) is 1. The first kappa shape index (κ1) is 20.7. The summed E-state index contributed by atoms with van der Waals surface area (Å²) in [6.07, 6.45) is 1.68. The van der Waals surface area contributed by atoms with Crippen molar-refractivity contribution in [1.29, 1.82) is 0 Å². The highest BCUT2D eigenvalue weighted by Gasteiger charge is 2.24. The Morgan fingerprint density at radius 3 is 2.55 bits per heavy atom. The summed E-state index contributed by atoms with van der Waals surface area (Å²) in [5.74, 6) is 1.12. The second kappa shape index (κ2) is 9.09. The lowest BCUT2D eigenvalue weighted by Crippen LogP contribution is -2.24. The number of oxazole rings is 1. The van der Waals surface area contributed by atoms with E-state index in [2.05, 4.69) is 10.3 Å². The Morgan fingerprint density at radius 2 is 1.87 bits per heavy atom. The third-order valence-corrected chi connectivity index (χ3v) is 5.49. The van der Waals surface area contributed by atoms with Crippen molar-refractivity contribution in [1.82, 2.24) is 10.3 Å². The van der Waals surface area contributed by atoms with Gasteiger partial charge in [-0.05, 0) is 42.5 Å². The molecule has 0 radical (unpaired) electrons. The van der Waals surface area contributed by atoms with Gasteiger partial charge in [0.15, 0.2) is 0 Å². The number of nitrogens with zero attached hydrogens (tertiary/aromatic N) is 2. The number of aromatic nitrogens is 1. The zero-order chi connectivity index (χ0) is 21.8. The van der Waals surface area contributed by atoms with Gasteiger partial charge in [0.1, 0.15) is 23.8 Å². The summed E-state index contributed by atoms with van der Waals surface area (Å²) in [6.45, 7) is 2.95. The van der Waals surface area contributed by atoms with Gasteiger partial charge in [-0.15, -0.1) is 0 Å². The second-order valence-electron chi connectivity index (χ2n) is 6.96. The van der Waals surface area contributed by atoms with Gasteiger partial charge in [0.05, 0.1) is 11.4 Å². The number of aryl methyl sites for hydroxylation is 1. The van der Waals surface area contributed by atoms with E-state index in [9.17, 15) is 9.59 Å². The van der Waals surface area contributed by atoms with Gasteiger partial charge in [0.2, 0.25) is 0 Å². The highest BCUT2D eigenvalue weighted by Crippen LogP contribution is 2.27. The summed E-state index contributed by atoms with van der Waals surface area (Å²) in [5, 5.41) is 1.89. The summed E-state index contributed by atoms with van der Waals surface area (Å²) in [7, 11) is 1.91. The van der Waals surface area contributed by atoms with Gasteiger partial charge in [-0.3, -0.25) is 14.9 Å². The van der Waals surface area contributed by atoms with Crippen LogP contribution in [0.5, 0.6) is 5.75 Å². The Kier molecular flexibility index (Phi) is 6.08. The average Bonchev–Trinajstić information content (AvgIpc) is 3.31. The van der Waals surface area contributed by atoms with Crippen LogP contribution < -0.4 is 15.0 Å². The van der Waals surface area contributed by atoms with Gasteiger partial charge in [0, 0.05) is 12.6 Å². The summed E-state index contributed by atoms with van der Waals surface area (Å²) in [4.78, 5) is 29.8. The largest absolute Gasteiger partial charge is 0.492 e. The molecule has 2 amide bonds. The quantitative estimate of drug-likeness (QED) is 0.547. The van der Waals surface area contributed by atoms with E-state index in [0.717, 1.165) is 34.3 Å². The molecule has 1 aliphatic rings. The smallest absolute Gasteiger partial charge is 0.297 e. The van der Waals surface area contributed by atoms with E-state index < -0.39 is 0 Å². The number of ether oxygens (including phenoxy) is 1. The van der Waals surface area contributed by atoms with Gasteiger partial charge >= 0.3 is 0 Å². The molecule has 1 aromatic heterocycles. The molecular formula is C23H21N3O4S. The van der Waals surface area contributed by atoms with Crippen molar-refractivity contribution in [3.8, 4) is 17.0 Å². The van der Waals surface area contributed by atoms with Crippen LogP contribution in [0.25, 0.3) is 17.3 Å². The van der Waals surface area contributed by atoms with Crippen LogP contribution in [0.4, 0.5) is 10.8 Å². The molecule has 7 nitrogen and oxygen atoms in total. The SMILES string of the molecule is Cc1oc(N(C)CCOc2ccc(C=C3SC(=O)NC3=O)cc2)nc1-c1ccccc1. The number of carbonyl (C=O) groups is 2. The van der Waals surface area contributed by atoms with E-state index in [0.29, 0.717) is 29.8 Å². The van der Waals surface area contributed by atoms with Crippen molar-refractivity contribution < 1.29 is 18.7 Å². The third kappa shape index (κ3) is 4.97. The van der Waals surface area contributed by atoms with Gasteiger partial charge < -0.3 is 14.1 Å². The topological polar surface area (TPSA) is 84.7 Å². The van der Waals surface area contributed by atoms with Crippen LogP contribution >= 0.6 is 11.8 Å². The first-order valence-electron chi connectivity index (χ1n) is 9.71. The number of benzene rings is 2. The lowest BCUT2D eigenvalue weighted by atomic mass is 10.1. The molecule has 0 spiro atoms. The molecule has 31 heavy (non-hydrogen) atoms. The maximum absolute atomic E-state index is 11.6. The Labute approximate surface area is 184 Å². The van der Waals surface area contributed by atoms with E-state index in [1.165, 1.54) is 0 Å². The molecule has 1 saturated heterocycles. The van der Waals surface area contributed by atoms with Crippen molar-refractivity contribution in [2.24, 2.45) is 0 Å². The molecule has 0 saturated carbocycles. The van der Waals surface area contributed by atoms with Crippen molar-refractivity contribution >= 4 is 35.0 Å². The summed E-state index contributed by atoms with van der Waals surface area (Å²) < 4.78 is 11.6. The predicted octanol–water partition coefficient (Wildman–Crippen LogP) is 4.49. The fourth-order valence-corrected chi connectivity index (χ4v) is 3.72. The lowest BCUT2D eigenvalue weighted by molar-refractivity contribution is -0.115. The van der Waals surface area contributed by atoms with Crippen molar-refractivity contribution in [2.75, 3.05) is 25.1 Å². The van der Waals surface area contributed by atoms with Gasteiger partial charge in [0.25, 0.3) is 17.2 Å². The molecule has 0 aliphatic carbocycles. The molecule has 2 aromatic carbocycles. The Balaban J connectivity index is 1.32. The number of amides is 2. The first-order valence-corrected chi connectivity index (χ1v) is 10.5. The normalized spacial score (nSPS) is 14.7. The number of anilines is 1. The van der Waals surface area contributed by atoms with E-state index in [1.54, 1.807) is 6.08 Å². The molecule has 158 valence electrons. The maximum atomic E-state index is 11.6. The Hall–Kier alpha value is -3.52. The molecule has 3 aromatic rings. The Bertz CT molecular complexity index is 1120. The van der Waals surface area contributed by atoms with Crippen LogP contribution in [0, 0.1) is 6.92 Å². The number of imide groups is 1. The van der Waals surface area contributed by atoms with Crippen molar-refractivity contribution in [3.63, 3.8) is 0 Å². The lowest BCUT2D eigenvalue weighted by Gasteiger charge is -2.15. The number of carbonyl (C=O) groups excluding carboxylic acids is 2. The molecular weight excluding hydrogens is 414 g/mol. The molecule has 4 rings (SSSR count). The number of hydrogen-bond donors (Lipinski definition) is 1. The van der Waals surface area contributed by atoms with Crippen LogP contribution in [0.1, 0.15) is 11.3 Å². The van der Waals surface area contributed by atoms with E-state index in [1.807, 2.05) is 73.5 Å². The third-order valence-electron chi connectivity index (χ3n) is 4.67. The molecule has 2 heterocycles. The van der Waals surface area contributed by atoms with Gasteiger partial charge in [-0.2, -0.15) is 4.98 Å². The molecule has 1 N–H and O–H groups in total. The number of hydrogen-bond acceptors (Lipinski definition) is 7. The minimum absolute atomic E-state index is 0.350. The molecule has 8 heteroatoms. The monoisotopic (exact) mass is 435 g/mol. The van der Waals surface area contributed by atoms with E-state index in [-0.39, 0.29) is 11.1 Å². The van der Waals surface area contributed by atoms with Crippen LogP contribution in [0.15, 0.2) is 63.9 Å². The molecule has 0 bridgehead atoms. The fourth-order valence-electron chi connectivity index (χ4n) is 3.04. The number of nitrogens with one attached hydrogen (secondary N) is 1. The fraction of sp³-hybridized carbons (Fsp3) is 0.174. The summed E-state index contributed by atoms with van der Waals surface area (Å²) in [6, 6.07) is 17.8. The van der Waals surface area contributed by atoms with Crippen LogP contribution in [0.2, 0.25) is 0 Å². The van der Waals surface area contributed by atoms with Crippen molar-refractivity contribution in [2.45, 2.75) is 6.92 Å². The highest BCUT2D eigenvalue weighted by molar-refractivity contribution is 8.18. The van der Waals surface area contributed by atoms with Gasteiger partial charge in [-0.1, -0.05) is 42.5 Å². The summed E-state index contributed by atoms with van der Waals surface area (Å²) >= 11 is 0.899. The van der Waals surface area contributed by atoms with Gasteiger partial charge in [-0.25, -0.2) is 0 Å². The van der Waals surface area contributed by atoms with Crippen molar-refractivity contribution in [3.05, 3.63) is 70.8 Å². The Morgan fingerprint density at radius 1 is 1.13 bits per heavy atom. The molecule has 1 fully saturated rings. The van der Waals surface area contributed by atoms with E-state index in [4.69, 9.17) is 9.15 Å². The molecule has 1 aliphatic heterocycles. The second-order valence-corrected chi connectivity index (χ2v) is 7.97. The minimum atomic E-state index is -0.365. The van der Waals surface area contributed by atoms with Crippen LogP contribution in [-0.2, 0) is 4.79 Å². The predicted molar refractivity (Wildman–Crippen MR) is 121 cm³/mol. The zero-order valence-corrected chi connectivity index (χ0v) is 17.9. The number of thioether (sulfide) groups is 1. The first-order chi connectivity index (χ1) is 15.0. The average molecular weight is 436 g/mol. The van der Waals surface area contributed by atoms with Crippen LogP contribution in [-0.4, -0.2) is 36.3 Å². The highest BCUT2D eigenvalue weighted by atomic mass is 32.2. The van der Waals surface area contributed by atoms with E-state index >= 15 is 0 Å². The maximum Gasteiger partial charge on any atom is 0.297 e. The molecule has 0 atom stereocenters. The zero-order valence-electron chi connectivity index (χ0n) is 17.1. The molecule has 0 unspecified atom stereocenters. The number of rotatable bonds is 7. The minimum Gasteiger partial charge on any atom is -0.492 e.